The van der Waals surface area contributed by atoms with Crippen molar-refractivity contribution in [1.82, 2.24) is 5.32 Å². The topological polar surface area (TPSA) is 69.1 Å². The van der Waals surface area contributed by atoms with Crippen molar-refractivity contribution in [3.63, 3.8) is 0 Å². The maximum absolute atomic E-state index is 11.8. The first-order chi connectivity index (χ1) is 10.5. The molecule has 0 aliphatic heterocycles. The Balaban J connectivity index is 2.67. The lowest BCUT2D eigenvalue weighted by Crippen LogP contribution is -3.11. The van der Waals surface area contributed by atoms with E-state index in [1.807, 2.05) is 13.0 Å². The average molecular weight is 330 g/mol. The fourth-order valence-electron chi connectivity index (χ4n) is 2.02. The van der Waals surface area contributed by atoms with Gasteiger partial charge in [-0.3, -0.25) is 10.1 Å². The second-order valence-electron chi connectivity index (χ2n) is 4.68. The number of quaternary nitrogens is 1. The third-order valence-corrected chi connectivity index (χ3v) is 3.35. The SMILES string of the molecule is CCOC(=O)NC(=O)C[NH+](CC)Cc1cc(Cl)ccc1OC. The highest BCUT2D eigenvalue weighted by molar-refractivity contribution is 6.30. The number of alkyl carbamates (subject to hydrolysis) is 1. The molecule has 1 atom stereocenters. The molecular formula is C15H22ClN2O4+. The number of benzene rings is 1. The predicted octanol–water partition coefficient (Wildman–Crippen LogP) is 1.03. The second kappa shape index (κ2) is 9.27. The fourth-order valence-corrected chi connectivity index (χ4v) is 2.21. The molecule has 1 unspecified atom stereocenters. The third kappa shape index (κ3) is 5.91. The van der Waals surface area contributed by atoms with Gasteiger partial charge in [-0.05, 0) is 32.0 Å². The Kier molecular flexibility index (Phi) is 7.70. The Morgan fingerprint density at radius 3 is 2.64 bits per heavy atom. The van der Waals surface area contributed by atoms with Gasteiger partial charge in [0.2, 0.25) is 0 Å². The lowest BCUT2D eigenvalue weighted by molar-refractivity contribution is -0.904. The fraction of sp³-hybridized carbons (Fsp3) is 0.467. The summed E-state index contributed by atoms with van der Waals surface area (Å²) in [6.45, 7) is 5.31. The Hall–Kier alpha value is -1.79. The zero-order valence-electron chi connectivity index (χ0n) is 13.1. The van der Waals surface area contributed by atoms with Gasteiger partial charge in [-0.2, -0.15) is 0 Å². The number of imide groups is 1. The van der Waals surface area contributed by atoms with Crippen LogP contribution in [0.5, 0.6) is 5.75 Å². The lowest BCUT2D eigenvalue weighted by atomic mass is 10.2. The Bertz CT molecular complexity index is 522. The van der Waals surface area contributed by atoms with E-state index in [0.717, 1.165) is 16.2 Å². The first-order valence-electron chi connectivity index (χ1n) is 7.12. The molecule has 0 spiro atoms. The molecule has 1 aromatic rings. The van der Waals surface area contributed by atoms with Crippen molar-refractivity contribution in [2.75, 3.05) is 26.8 Å². The second-order valence-corrected chi connectivity index (χ2v) is 5.12. The zero-order valence-corrected chi connectivity index (χ0v) is 13.8. The molecule has 0 bridgehead atoms. The van der Waals surface area contributed by atoms with Gasteiger partial charge in [0.15, 0.2) is 6.54 Å². The van der Waals surface area contributed by atoms with E-state index in [9.17, 15) is 9.59 Å². The molecule has 22 heavy (non-hydrogen) atoms. The number of carbonyl (C=O) groups excluding carboxylic acids is 2. The number of methoxy groups -OCH3 is 1. The van der Waals surface area contributed by atoms with E-state index in [4.69, 9.17) is 16.3 Å². The molecule has 0 aliphatic rings. The van der Waals surface area contributed by atoms with Crippen LogP contribution in [0, 0.1) is 0 Å². The standard InChI is InChI=1S/C15H21ClN2O4/c1-4-18(10-14(19)17-15(20)22-5-2)9-11-8-12(16)6-7-13(11)21-3/h6-8H,4-5,9-10H2,1-3H3,(H,17,19,20)/p+1. The van der Waals surface area contributed by atoms with Crippen LogP contribution in [-0.2, 0) is 16.1 Å². The van der Waals surface area contributed by atoms with Crippen LogP contribution >= 0.6 is 11.6 Å². The molecule has 0 aliphatic carbocycles. The molecule has 0 saturated heterocycles. The summed E-state index contributed by atoms with van der Waals surface area (Å²) >= 11 is 6.00. The van der Waals surface area contributed by atoms with Gasteiger partial charge in [0.25, 0.3) is 5.91 Å². The summed E-state index contributed by atoms with van der Waals surface area (Å²) in [7, 11) is 1.59. The minimum absolute atomic E-state index is 0.158. The van der Waals surface area contributed by atoms with E-state index in [0.29, 0.717) is 18.1 Å². The summed E-state index contributed by atoms with van der Waals surface area (Å²) in [5, 5.41) is 2.81. The van der Waals surface area contributed by atoms with Crippen LogP contribution in [0.25, 0.3) is 0 Å². The highest BCUT2D eigenvalue weighted by Crippen LogP contribution is 2.21. The van der Waals surface area contributed by atoms with Gasteiger partial charge in [-0.15, -0.1) is 0 Å². The first-order valence-corrected chi connectivity index (χ1v) is 7.50. The van der Waals surface area contributed by atoms with Crippen LogP contribution in [0.1, 0.15) is 19.4 Å². The normalized spacial score (nSPS) is 11.6. The van der Waals surface area contributed by atoms with E-state index in [2.05, 4.69) is 10.1 Å². The van der Waals surface area contributed by atoms with E-state index in [1.54, 1.807) is 26.2 Å². The molecule has 7 heteroatoms. The summed E-state index contributed by atoms with van der Waals surface area (Å²) in [5.74, 6) is 0.345. The molecule has 1 rings (SSSR count). The maximum atomic E-state index is 11.8. The highest BCUT2D eigenvalue weighted by Gasteiger charge is 2.18. The largest absolute Gasteiger partial charge is 0.496 e. The van der Waals surface area contributed by atoms with Crippen LogP contribution in [-0.4, -0.2) is 38.8 Å². The van der Waals surface area contributed by atoms with Crippen molar-refractivity contribution in [1.29, 1.82) is 0 Å². The van der Waals surface area contributed by atoms with Gasteiger partial charge in [0.05, 0.1) is 20.3 Å². The number of carbonyl (C=O) groups is 2. The maximum Gasteiger partial charge on any atom is 0.414 e. The van der Waals surface area contributed by atoms with Crippen LogP contribution in [0.15, 0.2) is 18.2 Å². The smallest absolute Gasteiger partial charge is 0.414 e. The zero-order chi connectivity index (χ0) is 16.5. The predicted molar refractivity (Wildman–Crippen MR) is 83.2 cm³/mol. The van der Waals surface area contributed by atoms with E-state index in [-0.39, 0.29) is 19.1 Å². The summed E-state index contributed by atoms with van der Waals surface area (Å²) in [4.78, 5) is 24.0. The van der Waals surface area contributed by atoms with Crippen molar-refractivity contribution >= 4 is 23.6 Å². The Morgan fingerprint density at radius 1 is 1.32 bits per heavy atom. The average Bonchev–Trinajstić information content (AvgIpc) is 2.46. The number of amides is 2. The monoisotopic (exact) mass is 329 g/mol. The summed E-state index contributed by atoms with van der Waals surface area (Å²) < 4.78 is 9.98. The molecule has 6 nitrogen and oxygen atoms in total. The lowest BCUT2D eigenvalue weighted by Gasteiger charge is -2.18. The molecule has 0 heterocycles. The molecule has 0 saturated carbocycles. The molecule has 1 aromatic carbocycles. The number of likely N-dealkylation sites (N-methyl/N-ethyl adjacent to an activating group) is 1. The minimum Gasteiger partial charge on any atom is -0.496 e. The van der Waals surface area contributed by atoms with Crippen LogP contribution in [0.2, 0.25) is 5.02 Å². The first kappa shape index (κ1) is 18.3. The highest BCUT2D eigenvalue weighted by atomic mass is 35.5. The van der Waals surface area contributed by atoms with Gasteiger partial charge < -0.3 is 14.4 Å². The van der Waals surface area contributed by atoms with Crippen LogP contribution in [0.3, 0.4) is 0 Å². The summed E-state index contributed by atoms with van der Waals surface area (Å²) in [6, 6.07) is 5.37. The van der Waals surface area contributed by atoms with Gasteiger partial charge in [-0.25, -0.2) is 4.79 Å². The van der Waals surface area contributed by atoms with Crippen molar-refractivity contribution in [3.05, 3.63) is 28.8 Å². The third-order valence-electron chi connectivity index (χ3n) is 3.11. The van der Waals surface area contributed by atoms with Crippen LogP contribution < -0.4 is 15.0 Å². The summed E-state index contributed by atoms with van der Waals surface area (Å²) in [5.41, 5.74) is 0.913. The van der Waals surface area contributed by atoms with Gasteiger partial charge in [0.1, 0.15) is 12.3 Å². The molecule has 0 aromatic heterocycles. The quantitative estimate of drug-likeness (QED) is 0.784. The number of rotatable bonds is 7. The van der Waals surface area contributed by atoms with Crippen molar-refractivity contribution in [3.8, 4) is 5.75 Å². The molecule has 0 radical (unpaired) electrons. The van der Waals surface area contributed by atoms with Crippen molar-refractivity contribution in [2.45, 2.75) is 20.4 Å². The van der Waals surface area contributed by atoms with E-state index < -0.39 is 6.09 Å². The Labute approximate surface area is 135 Å². The number of nitrogens with one attached hydrogen (secondary N) is 2. The van der Waals surface area contributed by atoms with E-state index >= 15 is 0 Å². The van der Waals surface area contributed by atoms with E-state index in [1.165, 1.54) is 0 Å². The number of hydrogen-bond donors (Lipinski definition) is 2. The van der Waals surface area contributed by atoms with Crippen molar-refractivity contribution in [2.24, 2.45) is 0 Å². The minimum atomic E-state index is -0.719. The molecule has 2 N–H and O–H groups in total. The van der Waals surface area contributed by atoms with Gasteiger partial charge in [-0.1, -0.05) is 11.6 Å². The van der Waals surface area contributed by atoms with Gasteiger partial charge >= 0.3 is 6.09 Å². The van der Waals surface area contributed by atoms with Gasteiger partial charge in [0, 0.05) is 10.6 Å². The van der Waals surface area contributed by atoms with Crippen LogP contribution in [0.4, 0.5) is 4.79 Å². The van der Waals surface area contributed by atoms with Crippen molar-refractivity contribution < 1.29 is 24.0 Å². The summed E-state index contributed by atoms with van der Waals surface area (Å²) in [6.07, 6.45) is -0.719. The molecule has 2 amide bonds. The molecule has 122 valence electrons. The Morgan fingerprint density at radius 2 is 2.05 bits per heavy atom. The molecular weight excluding hydrogens is 308 g/mol. The number of halogens is 1. The molecule has 0 fully saturated rings. The number of ether oxygens (including phenoxy) is 2. The number of hydrogen-bond acceptors (Lipinski definition) is 4.